The number of carbonyl (C=O) groups is 2. The number of anilines is 1. The van der Waals surface area contributed by atoms with Crippen LogP contribution in [0.5, 0.6) is 23.0 Å². The Morgan fingerprint density at radius 3 is 2.10 bits per heavy atom. The van der Waals surface area contributed by atoms with Gasteiger partial charge in [-0.2, -0.15) is 0 Å². The fraction of sp³-hybridized carbons (Fsp3) is 0.233. The van der Waals surface area contributed by atoms with Crippen molar-refractivity contribution >= 4 is 28.9 Å². The molecule has 9 heteroatoms. The molecule has 3 aromatic carbocycles. The summed E-state index contributed by atoms with van der Waals surface area (Å²) in [5.41, 5.74) is 5.80. The number of amides is 2. The predicted octanol–water partition coefficient (Wildman–Crippen LogP) is 5.98. The first-order valence-electron chi connectivity index (χ1n) is 12.5. The molecule has 2 amide bonds. The molecule has 0 radical (unpaired) electrons. The van der Waals surface area contributed by atoms with E-state index in [-0.39, 0.29) is 18.1 Å². The van der Waals surface area contributed by atoms with Crippen molar-refractivity contribution in [2.45, 2.75) is 32.1 Å². The van der Waals surface area contributed by atoms with Crippen LogP contribution in [0.3, 0.4) is 0 Å². The first-order valence-corrected chi connectivity index (χ1v) is 12.5. The summed E-state index contributed by atoms with van der Waals surface area (Å²) in [4.78, 5) is 25.9. The lowest BCUT2D eigenvalue weighted by molar-refractivity contribution is -0.118. The van der Waals surface area contributed by atoms with Gasteiger partial charge in [-0.25, -0.2) is 4.39 Å². The Morgan fingerprint density at radius 1 is 0.949 bits per heavy atom. The Bertz CT molecular complexity index is 1410. The average molecular weight is 534 g/mol. The molecular weight excluding hydrogens is 501 g/mol. The molecule has 0 aliphatic heterocycles. The van der Waals surface area contributed by atoms with E-state index in [0.717, 1.165) is 29.3 Å². The van der Waals surface area contributed by atoms with Crippen LogP contribution in [0.15, 0.2) is 72.9 Å². The highest BCUT2D eigenvalue weighted by atomic mass is 19.1. The number of methoxy groups -OCH3 is 2. The number of pyridine rings is 1. The molecule has 0 saturated heterocycles. The second kappa shape index (κ2) is 13.2. The number of halogens is 1. The molecule has 0 atom stereocenters. The Labute approximate surface area is 226 Å². The van der Waals surface area contributed by atoms with E-state index in [4.69, 9.17) is 19.0 Å². The van der Waals surface area contributed by atoms with E-state index in [1.807, 2.05) is 19.9 Å². The summed E-state index contributed by atoms with van der Waals surface area (Å²) in [6.07, 6.45) is 3.41. The second-order valence-electron chi connectivity index (χ2n) is 8.34. The van der Waals surface area contributed by atoms with Crippen molar-refractivity contribution in [1.82, 2.24) is 4.98 Å². The Kier molecular flexibility index (Phi) is 9.80. The third-order valence-corrected chi connectivity index (χ3v) is 6.13. The molecule has 1 aliphatic rings. The number of hydrogen-bond acceptors (Lipinski definition) is 6. The molecule has 3 N–H and O–H groups in total. The molecule has 1 saturated carbocycles. The van der Waals surface area contributed by atoms with Crippen LogP contribution in [0.4, 0.5) is 10.1 Å². The van der Waals surface area contributed by atoms with Gasteiger partial charge in [0.25, 0.3) is 0 Å². The van der Waals surface area contributed by atoms with Gasteiger partial charge in [0, 0.05) is 23.3 Å². The zero-order valence-electron chi connectivity index (χ0n) is 22.4. The molecule has 204 valence electrons. The van der Waals surface area contributed by atoms with Gasteiger partial charge in [0.2, 0.25) is 12.3 Å². The molecule has 1 aromatic heterocycles. The van der Waals surface area contributed by atoms with Gasteiger partial charge in [0.1, 0.15) is 17.3 Å². The number of ether oxygens (including phenoxy) is 3. The van der Waals surface area contributed by atoms with Gasteiger partial charge >= 0.3 is 0 Å². The molecule has 0 bridgehead atoms. The van der Waals surface area contributed by atoms with Gasteiger partial charge in [-0.3, -0.25) is 14.6 Å². The minimum absolute atomic E-state index is 0.0889. The van der Waals surface area contributed by atoms with Crippen LogP contribution in [0.2, 0.25) is 0 Å². The maximum absolute atomic E-state index is 13.3. The quantitative estimate of drug-likeness (QED) is 0.283. The molecule has 1 heterocycles. The Balaban J connectivity index is 0.000000787. The summed E-state index contributed by atoms with van der Waals surface area (Å²) in [5.74, 6) is 2.01. The van der Waals surface area contributed by atoms with Crippen molar-refractivity contribution in [3.63, 3.8) is 0 Å². The van der Waals surface area contributed by atoms with Crippen molar-refractivity contribution < 1.29 is 28.2 Å². The van der Waals surface area contributed by atoms with Crippen molar-refractivity contribution in [2.75, 3.05) is 19.5 Å². The maximum Gasteiger partial charge on any atom is 0.235 e. The molecule has 0 unspecified atom stereocenters. The summed E-state index contributed by atoms with van der Waals surface area (Å²) in [6, 6.07) is 18.7. The zero-order valence-corrected chi connectivity index (χ0v) is 22.4. The van der Waals surface area contributed by atoms with E-state index in [9.17, 15) is 9.18 Å². The van der Waals surface area contributed by atoms with Gasteiger partial charge in [0.15, 0.2) is 11.5 Å². The molecule has 0 spiro atoms. The maximum atomic E-state index is 13.3. The number of carbonyl (C=O) groups excluding carboxylic acids is 2. The molecular formula is C30H32FN3O5. The minimum atomic E-state index is -0.584. The van der Waals surface area contributed by atoms with Crippen LogP contribution in [-0.2, 0) is 15.0 Å². The van der Waals surface area contributed by atoms with E-state index >= 15 is 0 Å². The number of nitrogens with two attached hydrogens (primary N) is 1. The van der Waals surface area contributed by atoms with Crippen LogP contribution < -0.4 is 25.3 Å². The first-order chi connectivity index (χ1) is 18.9. The van der Waals surface area contributed by atoms with Gasteiger partial charge in [0.05, 0.1) is 25.2 Å². The number of fused-ring (bicyclic) bond motifs is 1. The van der Waals surface area contributed by atoms with Gasteiger partial charge in [-0.05, 0) is 66.9 Å². The fourth-order valence-electron chi connectivity index (χ4n) is 4.06. The van der Waals surface area contributed by atoms with Crippen LogP contribution in [0.1, 0.15) is 32.3 Å². The molecule has 5 rings (SSSR count). The Morgan fingerprint density at radius 2 is 1.54 bits per heavy atom. The topological polar surface area (TPSA) is 113 Å². The van der Waals surface area contributed by atoms with Crippen LogP contribution in [0, 0.1) is 5.82 Å². The number of hydrogen-bond donors (Lipinski definition) is 2. The van der Waals surface area contributed by atoms with E-state index < -0.39 is 5.41 Å². The SMILES string of the molecule is CC.COc1cc2nccc(Oc3ccc(NC(=O)C4(c5ccc(F)cc5)CC4)cc3)c2cc1OC.NC=O. The van der Waals surface area contributed by atoms with Gasteiger partial charge in [-0.15, -0.1) is 0 Å². The number of rotatable bonds is 7. The zero-order chi connectivity index (χ0) is 28.4. The van der Waals surface area contributed by atoms with Crippen molar-refractivity contribution in [3.05, 3.63) is 84.3 Å². The summed E-state index contributed by atoms with van der Waals surface area (Å²) < 4.78 is 30.1. The molecule has 39 heavy (non-hydrogen) atoms. The van der Waals surface area contributed by atoms with Crippen molar-refractivity contribution in [3.8, 4) is 23.0 Å². The standard InChI is InChI=1S/C27H23FN2O4.C2H6.CH3NO/c1-32-24-15-21-22(16-25(24)33-2)29-14-11-23(21)34-20-9-7-19(8-10-20)30-26(31)27(12-13-27)17-3-5-18(28)6-4-17;1-2;2-1-3/h3-11,14-16H,12-13H2,1-2H3,(H,30,31);1-2H3;1H,(H2,2,3). The summed E-state index contributed by atoms with van der Waals surface area (Å²) >= 11 is 0. The molecule has 4 aromatic rings. The Hall–Kier alpha value is -4.66. The fourth-order valence-corrected chi connectivity index (χ4v) is 4.06. The highest BCUT2D eigenvalue weighted by molar-refractivity contribution is 6.01. The molecule has 1 fully saturated rings. The molecule has 8 nitrogen and oxygen atoms in total. The number of nitrogens with zero attached hydrogens (tertiary/aromatic N) is 1. The number of aromatic nitrogens is 1. The van der Waals surface area contributed by atoms with Gasteiger partial charge in [-0.1, -0.05) is 26.0 Å². The lowest BCUT2D eigenvalue weighted by atomic mass is 9.95. The summed E-state index contributed by atoms with van der Waals surface area (Å²) in [6.45, 7) is 4.00. The lowest BCUT2D eigenvalue weighted by Gasteiger charge is -2.16. The third kappa shape index (κ3) is 6.62. The largest absolute Gasteiger partial charge is 0.493 e. The summed E-state index contributed by atoms with van der Waals surface area (Å²) in [7, 11) is 3.16. The number of nitrogens with one attached hydrogen (secondary N) is 1. The third-order valence-electron chi connectivity index (χ3n) is 6.13. The minimum Gasteiger partial charge on any atom is -0.493 e. The first kappa shape index (κ1) is 28.9. The second-order valence-corrected chi connectivity index (χ2v) is 8.34. The molecule has 1 aliphatic carbocycles. The lowest BCUT2D eigenvalue weighted by Crippen LogP contribution is -2.27. The van der Waals surface area contributed by atoms with E-state index in [1.54, 1.807) is 68.9 Å². The number of primary amides is 1. The normalized spacial score (nSPS) is 12.5. The van der Waals surface area contributed by atoms with Crippen LogP contribution >= 0.6 is 0 Å². The summed E-state index contributed by atoms with van der Waals surface area (Å²) in [5, 5.41) is 3.76. The monoisotopic (exact) mass is 533 g/mol. The van der Waals surface area contributed by atoms with Crippen molar-refractivity contribution in [1.29, 1.82) is 0 Å². The smallest absolute Gasteiger partial charge is 0.235 e. The van der Waals surface area contributed by atoms with E-state index in [1.165, 1.54) is 12.1 Å². The van der Waals surface area contributed by atoms with Gasteiger partial charge < -0.3 is 25.3 Å². The van der Waals surface area contributed by atoms with Crippen LogP contribution in [-0.4, -0.2) is 31.5 Å². The van der Waals surface area contributed by atoms with Crippen LogP contribution in [0.25, 0.3) is 10.9 Å². The van der Waals surface area contributed by atoms with E-state index in [2.05, 4.69) is 16.0 Å². The average Bonchev–Trinajstić information content (AvgIpc) is 3.78. The van der Waals surface area contributed by atoms with Crippen molar-refractivity contribution in [2.24, 2.45) is 5.73 Å². The number of benzene rings is 3. The van der Waals surface area contributed by atoms with E-state index in [0.29, 0.717) is 28.7 Å². The highest BCUT2D eigenvalue weighted by Gasteiger charge is 2.51. The highest BCUT2D eigenvalue weighted by Crippen LogP contribution is 2.49. The predicted molar refractivity (Wildman–Crippen MR) is 149 cm³/mol.